The summed E-state index contributed by atoms with van der Waals surface area (Å²) in [5.41, 5.74) is 6.16. The van der Waals surface area contributed by atoms with Gasteiger partial charge >= 0.3 is 0 Å². The Balaban J connectivity index is 0.00000225. The number of benzene rings is 1. The van der Waals surface area contributed by atoms with E-state index in [-0.39, 0.29) is 23.7 Å². The summed E-state index contributed by atoms with van der Waals surface area (Å²) in [4.78, 5) is 15.2. The lowest BCUT2D eigenvalue weighted by molar-refractivity contribution is 0.0769. The molecule has 5 nitrogen and oxygen atoms in total. The fraction of sp³-hybridized carbons (Fsp3) is 0.353. The van der Waals surface area contributed by atoms with E-state index < -0.39 is 0 Å². The number of carbonyl (C=O) groups is 1. The zero-order chi connectivity index (χ0) is 17.2. The Morgan fingerprint density at radius 1 is 1.32 bits per heavy atom. The fourth-order valence-electron chi connectivity index (χ4n) is 2.65. The number of aromatic nitrogens is 2. The van der Waals surface area contributed by atoms with E-state index >= 15 is 0 Å². The van der Waals surface area contributed by atoms with Gasteiger partial charge in [0.05, 0.1) is 5.02 Å². The first-order valence-electron chi connectivity index (χ1n) is 7.76. The van der Waals surface area contributed by atoms with Crippen molar-refractivity contribution in [2.45, 2.75) is 23.3 Å². The largest absolute Gasteiger partial charge is 0.337 e. The minimum Gasteiger partial charge on any atom is -0.337 e. The number of halogens is 2. The molecule has 25 heavy (non-hydrogen) atoms. The molecule has 2 N–H and O–H groups in total. The van der Waals surface area contributed by atoms with E-state index in [0.717, 1.165) is 11.3 Å². The molecule has 1 unspecified atom stereocenters. The van der Waals surface area contributed by atoms with Crippen molar-refractivity contribution in [3.8, 4) is 0 Å². The van der Waals surface area contributed by atoms with Gasteiger partial charge in [-0.1, -0.05) is 42.4 Å². The third-order valence-electron chi connectivity index (χ3n) is 4.25. The van der Waals surface area contributed by atoms with Crippen LogP contribution < -0.4 is 5.73 Å². The van der Waals surface area contributed by atoms with Crippen LogP contribution >= 0.6 is 35.8 Å². The van der Waals surface area contributed by atoms with Gasteiger partial charge in [-0.3, -0.25) is 4.79 Å². The Bertz CT molecular complexity index is 744. The Morgan fingerprint density at radius 3 is 2.68 bits per heavy atom. The molecule has 1 atom stereocenters. The van der Waals surface area contributed by atoms with Crippen LogP contribution in [0.3, 0.4) is 0 Å². The van der Waals surface area contributed by atoms with Gasteiger partial charge in [0.15, 0.2) is 5.69 Å². The first-order valence-corrected chi connectivity index (χ1v) is 8.96. The Kier molecular flexibility index (Phi) is 6.68. The van der Waals surface area contributed by atoms with Gasteiger partial charge in [0.25, 0.3) is 5.91 Å². The molecule has 3 rings (SSSR count). The average Bonchev–Trinajstić information content (AvgIpc) is 3.00. The normalized spacial score (nSPS) is 19.6. The predicted octanol–water partition coefficient (Wildman–Crippen LogP) is 3.51. The van der Waals surface area contributed by atoms with Gasteiger partial charge in [0.2, 0.25) is 0 Å². The third kappa shape index (κ3) is 4.64. The minimum atomic E-state index is -0.0889. The van der Waals surface area contributed by atoms with Crippen LogP contribution in [0.4, 0.5) is 0 Å². The van der Waals surface area contributed by atoms with E-state index in [9.17, 15) is 4.79 Å². The van der Waals surface area contributed by atoms with Gasteiger partial charge in [-0.05, 0) is 42.6 Å². The van der Waals surface area contributed by atoms with Gasteiger partial charge in [-0.25, -0.2) is 0 Å². The van der Waals surface area contributed by atoms with Gasteiger partial charge in [-0.2, -0.15) is 0 Å². The molecule has 1 fully saturated rings. The number of nitrogens with zero attached hydrogens (tertiary/aromatic N) is 3. The molecule has 1 saturated heterocycles. The molecule has 2 heterocycles. The van der Waals surface area contributed by atoms with Crippen LogP contribution in [0.2, 0.25) is 5.02 Å². The molecular weight excluding hydrogens is 379 g/mol. The summed E-state index contributed by atoms with van der Waals surface area (Å²) in [5, 5.41) is 9.60. The van der Waals surface area contributed by atoms with Gasteiger partial charge < -0.3 is 10.6 Å². The highest BCUT2D eigenvalue weighted by Crippen LogP contribution is 2.32. The Hall–Kier alpha value is -1.34. The molecule has 2 aromatic rings. The van der Waals surface area contributed by atoms with Crippen LogP contribution in [0.25, 0.3) is 0 Å². The maximum atomic E-state index is 12.5. The Morgan fingerprint density at radius 2 is 2.08 bits per heavy atom. The lowest BCUT2D eigenvalue weighted by Gasteiger charge is -2.22. The monoisotopic (exact) mass is 398 g/mol. The lowest BCUT2D eigenvalue weighted by atomic mass is 9.90. The smallest absolute Gasteiger partial charge is 0.274 e. The second-order valence-electron chi connectivity index (χ2n) is 6.28. The highest BCUT2D eigenvalue weighted by atomic mass is 35.5. The van der Waals surface area contributed by atoms with E-state index in [2.05, 4.69) is 17.1 Å². The number of rotatable bonds is 4. The maximum Gasteiger partial charge on any atom is 0.274 e. The zero-order valence-electron chi connectivity index (χ0n) is 13.8. The zero-order valence-corrected chi connectivity index (χ0v) is 16.2. The molecule has 0 aliphatic carbocycles. The van der Waals surface area contributed by atoms with Crippen molar-refractivity contribution in [3.63, 3.8) is 0 Å². The molecule has 0 radical (unpaired) electrons. The topological polar surface area (TPSA) is 72.1 Å². The second kappa shape index (κ2) is 8.36. The quantitative estimate of drug-likeness (QED) is 0.852. The molecule has 0 saturated carbocycles. The Labute approximate surface area is 162 Å². The highest BCUT2D eigenvalue weighted by molar-refractivity contribution is 7.99. The summed E-state index contributed by atoms with van der Waals surface area (Å²) in [6, 6.07) is 11.1. The van der Waals surface area contributed by atoms with Crippen molar-refractivity contribution < 1.29 is 4.79 Å². The third-order valence-corrected chi connectivity index (χ3v) is 5.69. The molecule has 1 aromatic heterocycles. The van der Waals surface area contributed by atoms with Crippen LogP contribution in [0.15, 0.2) is 46.3 Å². The fourth-order valence-corrected chi connectivity index (χ4v) is 3.66. The molecule has 8 heteroatoms. The van der Waals surface area contributed by atoms with Crippen molar-refractivity contribution >= 4 is 41.7 Å². The van der Waals surface area contributed by atoms with E-state index in [0.29, 0.717) is 35.4 Å². The van der Waals surface area contributed by atoms with Crippen molar-refractivity contribution in [3.05, 3.63) is 47.1 Å². The molecule has 1 aliphatic heterocycles. The van der Waals surface area contributed by atoms with E-state index in [4.69, 9.17) is 17.3 Å². The molecule has 0 spiro atoms. The molecule has 1 amide bonds. The van der Waals surface area contributed by atoms with Crippen LogP contribution in [0.5, 0.6) is 0 Å². The summed E-state index contributed by atoms with van der Waals surface area (Å²) < 4.78 is 0. The van der Waals surface area contributed by atoms with Gasteiger partial charge in [-0.15, -0.1) is 22.6 Å². The van der Waals surface area contributed by atoms with Crippen LogP contribution in [0, 0.1) is 5.41 Å². The van der Waals surface area contributed by atoms with Crippen LogP contribution in [0.1, 0.15) is 23.8 Å². The molecule has 1 aliphatic rings. The first-order chi connectivity index (χ1) is 11.5. The summed E-state index contributed by atoms with van der Waals surface area (Å²) >= 11 is 7.57. The average molecular weight is 399 g/mol. The van der Waals surface area contributed by atoms with Gasteiger partial charge in [0.1, 0.15) is 5.03 Å². The summed E-state index contributed by atoms with van der Waals surface area (Å²) in [7, 11) is 0. The first kappa shape index (κ1) is 20.0. The minimum absolute atomic E-state index is 0. The number of hydrogen-bond donors (Lipinski definition) is 1. The van der Waals surface area contributed by atoms with E-state index in [1.807, 2.05) is 24.3 Å². The van der Waals surface area contributed by atoms with Crippen LogP contribution in [-0.2, 0) is 0 Å². The highest BCUT2D eigenvalue weighted by Gasteiger charge is 2.35. The van der Waals surface area contributed by atoms with E-state index in [1.165, 1.54) is 11.8 Å². The molecule has 0 bridgehead atoms. The molecule has 1 aromatic carbocycles. The SMILES string of the molecule is CC1(CN)CCN(C(=O)c2ccc(Sc3ccccc3Cl)nn2)C1.Cl. The lowest BCUT2D eigenvalue weighted by Crippen LogP contribution is -2.34. The number of hydrogen-bond acceptors (Lipinski definition) is 5. The predicted molar refractivity (Wildman–Crippen MR) is 103 cm³/mol. The van der Waals surface area contributed by atoms with Crippen molar-refractivity contribution in [2.75, 3.05) is 19.6 Å². The van der Waals surface area contributed by atoms with Crippen molar-refractivity contribution in [2.24, 2.45) is 11.1 Å². The molecule has 134 valence electrons. The summed E-state index contributed by atoms with van der Waals surface area (Å²) in [6.07, 6.45) is 0.920. The molecular formula is C17H20Cl2N4OS. The standard InChI is InChI=1S/C17H19ClN4OS.ClH/c1-17(10-19)8-9-22(11-17)16(23)13-6-7-15(21-20-13)24-14-5-3-2-4-12(14)18;/h2-7H,8-11,19H2,1H3;1H. The van der Waals surface area contributed by atoms with Crippen LogP contribution in [-0.4, -0.2) is 40.6 Å². The van der Waals surface area contributed by atoms with Gasteiger partial charge in [0, 0.05) is 18.0 Å². The number of likely N-dealkylation sites (tertiary alicyclic amines) is 1. The second-order valence-corrected chi connectivity index (χ2v) is 7.75. The number of nitrogens with two attached hydrogens (primary N) is 1. The van der Waals surface area contributed by atoms with Crippen molar-refractivity contribution in [1.29, 1.82) is 0 Å². The van der Waals surface area contributed by atoms with E-state index in [1.54, 1.807) is 17.0 Å². The number of amides is 1. The number of carbonyl (C=O) groups excluding carboxylic acids is 1. The van der Waals surface area contributed by atoms with Crippen molar-refractivity contribution in [1.82, 2.24) is 15.1 Å². The summed E-state index contributed by atoms with van der Waals surface area (Å²) in [5.74, 6) is -0.0889. The maximum absolute atomic E-state index is 12.5. The summed E-state index contributed by atoms with van der Waals surface area (Å²) in [6.45, 7) is 4.07.